The second kappa shape index (κ2) is 6.17. The van der Waals surface area contributed by atoms with Crippen molar-refractivity contribution in [2.75, 3.05) is 0 Å². The van der Waals surface area contributed by atoms with Crippen LogP contribution in [0.5, 0.6) is 0 Å². The molecule has 0 radical (unpaired) electrons. The Bertz CT molecular complexity index is 698. The third kappa shape index (κ3) is 3.87. The molecule has 1 aromatic carbocycles. The Morgan fingerprint density at radius 2 is 1.73 bits per heavy atom. The smallest absolute Gasteiger partial charge is 0.136 e. The van der Waals surface area contributed by atoms with E-state index in [9.17, 15) is 4.55 Å². The van der Waals surface area contributed by atoms with Crippen LogP contribution in [0.25, 0.3) is 10.9 Å². The van der Waals surface area contributed by atoms with Gasteiger partial charge in [0.15, 0.2) is 0 Å². The third-order valence-corrected chi connectivity index (χ3v) is 5.64. The van der Waals surface area contributed by atoms with Gasteiger partial charge >= 0.3 is 0 Å². The zero-order valence-corrected chi connectivity index (χ0v) is 15.7. The van der Waals surface area contributed by atoms with Gasteiger partial charge in [-0.25, -0.2) is 4.98 Å². The summed E-state index contributed by atoms with van der Waals surface area (Å²) in [5.41, 5.74) is 0.992. The van der Waals surface area contributed by atoms with Gasteiger partial charge in [0.1, 0.15) is 9.90 Å². The maximum absolute atomic E-state index is 12.4. The van der Waals surface area contributed by atoms with E-state index >= 15 is 0 Å². The molecule has 0 spiro atoms. The molecule has 3 nitrogen and oxygen atoms in total. The Morgan fingerprint density at radius 3 is 2.32 bits per heavy atom. The van der Waals surface area contributed by atoms with Gasteiger partial charge in [-0.15, -0.1) is 4.72 Å². The molecule has 22 heavy (non-hydrogen) atoms. The highest BCUT2D eigenvalue weighted by atomic mass is 35.5. The molecule has 0 saturated carbocycles. The lowest BCUT2D eigenvalue weighted by Gasteiger charge is -2.33. The van der Waals surface area contributed by atoms with Crippen LogP contribution < -0.4 is 4.72 Å². The van der Waals surface area contributed by atoms with E-state index in [1.54, 1.807) is 6.07 Å². The molecule has 6 heteroatoms. The Balaban J connectivity index is 2.45. The van der Waals surface area contributed by atoms with Gasteiger partial charge in [-0.3, -0.25) is 0 Å². The maximum atomic E-state index is 12.4. The molecule has 1 heterocycles. The fourth-order valence-electron chi connectivity index (χ4n) is 2.00. The van der Waals surface area contributed by atoms with Crippen LogP contribution in [0, 0.1) is 0 Å². The van der Waals surface area contributed by atoms with Crippen LogP contribution in [0.2, 0.25) is 10.2 Å². The van der Waals surface area contributed by atoms with E-state index in [1.165, 1.54) is 0 Å². The van der Waals surface area contributed by atoms with E-state index in [4.69, 9.17) is 23.2 Å². The van der Waals surface area contributed by atoms with Crippen LogP contribution in [0.1, 0.15) is 40.2 Å². The van der Waals surface area contributed by atoms with Crippen molar-refractivity contribution in [3.63, 3.8) is 0 Å². The molecule has 0 saturated heterocycles. The molecule has 1 N–H and O–H groups in total. The Morgan fingerprint density at radius 1 is 1.09 bits per heavy atom. The topological polar surface area (TPSA) is 48.0 Å². The number of hydrogen-bond acceptors (Lipinski definition) is 3. The molecule has 2 rings (SSSR count). The lowest BCUT2D eigenvalue weighted by molar-refractivity contribution is 0.456. The minimum Gasteiger partial charge on any atom is -0.598 e. The van der Waals surface area contributed by atoms with Crippen molar-refractivity contribution in [3.8, 4) is 0 Å². The summed E-state index contributed by atoms with van der Waals surface area (Å²) in [6, 6.07) is 7.41. The standard InChI is InChI=1S/C16H20Cl2N2OS/c1-15(2,3)22(21)20-16(4,5)12-9-10-8-11(17)6-7-13(10)19-14(12)18/h6-9,20H,1-5H3. The summed E-state index contributed by atoms with van der Waals surface area (Å²) in [6.07, 6.45) is 0. The van der Waals surface area contributed by atoms with Gasteiger partial charge in [0, 0.05) is 27.3 Å². The van der Waals surface area contributed by atoms with Crippen molar-refractivity contribution in [1.29, 1.82) is 0 Å². The van der Waals surface area contributed by atoms with Gasteiger partial charge in [0.2, 0.25) is 0 Å². The number of pyridine rings is 1. The van der Waals surface area contributed by atoms with Crippen molar-refractivity contribution in [2.24, 2.45) is 0 Å². The van der Waals surface area contributed by atoms with Gasteiger partial charge in [-0.05, 0) is 58.9 Å². The van der Waals surface area contributed by atoms with Crippen LogP contribution in [0.15, 0.2) is 24.3 Å². The van der Waals surface area contributed by atoms with Gasteiger partial charge in [0.25, 0.3) is 0 Å². The quantitative estimate of drug-likeness (QED) is 0.631. The summed E-state index contributed by atoms with van der Waals surface area (Å²) in [6.45, 7) is 9.65. The first kappa shape index (κ1) is 17.8. The zero-order valence-electron chi connectivity index (χ0n) is 13.3. The Labute approximate surface area is 144 Å². The van der Waals surface area contributed by atoms with Crippen LogP contribution in [-0.2, 0) is 16.9 Å². The fraction of sp³-hybridized carbons (Fsp3) is 0.438. The Kier molecular flexibility index (Phi) is 5.00. The van der Waals surface area contributed by atoms with Crippen LogP contribution in [-0.4, -0.2) is 14.3 Å². The van der Waals surface area contributed by atoms with E-state index in [0.29, 0.717) is 10.2 Å². The molecule has 1 aromatic heterocycles. The lowest BCUT2D eigenvalue weighted by atomic mass is 9.96. The van der Waals surface area contributed by atoms with E-state index < -0.39 is 16.9 Å². The predicted molar refractivity (Wildman–Crippen MR) is 95.8 cm³/mol. The summed E-state index contributed by atoms with van der Waals surface area (Å²) in [5.74, 6) is 0. The molecule has 120 valence electrons. The Hall–Kier alpha value is -0.520. The highest BCUT2D eigenvalue weighted by molar-refractivity contribution is 7.90. The summed E-state index contributed by atoms with van der Waals surface area (Å²) in [4.78, 5) is 4.42. The van der Waals surface area contributed by atoms with Crippen molar-refractivity contribution < 1.29 is 4.55 Å². The predicted octanol–water partition coefficient (Wildman–Crippen LogP) is 4.83. The summed E-state index contributed by atoms with van der Waals surface area (Å²) >= 11 is 11.2. The van der Waals surface area contributed by atoms with Gasteiger partial charge < -0.3 is 4.55 Å². The molecule has 0 amide bonds. The van der Waals surface area contributed by atoms with Gasteiger partial charge in [-0.2, -0.15) is 0 Å². The number of aromatic nitrogens is 1. The highest BCUT2D eigenvalue weighted by Crippen LogP contribution is 2.32. The molecule has 1 atom stereocenters. The number of rotatable bonds is 3. The molecular formula is C16H20Cl2N2OS. The molecule has 0 aliphatic heterocycles. The first-order valence-electron chi connectivity index (χ1n) is 6.97. The normalized spacial score (nSPS) is 14.4. The van der Waals surface area contributed by atoms with E-state index in [0.717, 1.165) is 16.5 Å². The maximum Gasteiger partial charge on any atom is 0.136 e. The molecule has 1 unspecified atom stereocenters. The van der Waals surface area contributed by atoms with E-state index in [2.05, 4.69) is 9.71 Å². The third-order valence-electron chi connectivity index (χ3n) is 3.31. The second-order valence-corrected chi connectivity index (χ2v) is 9.53. The molecular weight excluding hydrogens is 339 g/mol. The number of nitrogens with zero attached hydrogens (tertiary/aromatic N) is 1. The number of fused-ring (bicyclic) bond motifs is 1. The average molecular weight is 359 g/mol. The van der Waals surface area contributed by atoms with Crippen molar-refractivity contribution >= 4 is 45.5 Å². The van der Waals surface area contributed by atoms with Gasteiger partial charge in [-0.1, -0.05) is 23.2 Å². The summed E-state index contributed by atoms with van der Waals surface area (Å²) < 4.78 is 15.2. The van der Waals surface area contributed by atoms with Crippen LogP contribution >= 0.6 is 23.2 Å². The highest BCUT2D eigenvalue weighted by Gasteiger charge is 2.35. The first-order valence-corrected chi connectivity index (χ1v) is 8.87. The summed E-state index contributed by atoms with van der Waals surface area (Å²) in [5, 5.41) is 1.95. The molecule has 0 aliphatic rings. The van der Waals surface area contributed by atoms with Gasteiger partial charge in [0.05, 0.1) is 11.1 Å². The molecule has 0 aliphatic carbocycles. The number of benzene rings is 1. The lowest BCUT2D eigenvalue weighted by Crippen LogP contribution is -2.48. The number of nitrogens with one attached hydrogen (secondary N) is 1. The van der Waals surface area contributed by atoms with Crippen molar-refractivity contribution in [1.82, 2.24) is 9.71 Å². The fourth-order valence-corrected chi connectivity index (χ4v) is 3.44. The second-order valence-electron chi connectivity index (χ2n) is 6.77. The van der Waals surface area contributed by atoms with Crippen LogP contribution in [0.3, 0.4) is 0 Å². The number of hydrogen-bond donors (Lipinski definition) is 1. The molecule has 0 fully saturated rings. The largest absolute Gasteiger partial charge is 0.598 e. The van der Waals surface area contributed by atoms with Crippen molar-refractivity contribution in [3.05, 3.63) is 40.0 Å². The zero-order chi connectivity index (χ0) is 16.7. The molecule has 0 bridgehead atoms. The average Bonchev–Trinajstić information content (AvgIpc) is 2.36. The van der Waals surface area contributed by atoms with Crippen molar-refractivity contribution in [2.45, 2.75) is 44.9 Å². The first-order chi connectivity index (χ1) is 10.0. The minimum atomic E-state index is -1.22. The number of halogens is 2. The SMILES string of the molecule is CC(C)(N[S+]([O-])C(C)(C)C)c1cc2cc(Cl)ccc2nc1Cl. The minimum absolute atomic E-state index is 0.364. The van der Waals surface area contributed by atoms with E-state index in [-0.39, 0.29) is 4.75 Å². The molecule has 2 aromatic rings. The van der Waals surface area contributed by atoms with E-state index in [1.807, 2.05) is 52.8 Å². The summed E-state index contributed by atoms with van der Waals surface area (Å²) in [7, 11) is 0. The monoisotopic (exact) mass is 358 g/mol. The van der Waals surface area contributed by atoms with Crippen LogP contribution in [0.4, 0.5) is 0 Å².